The molecule has 3 aromatic carbocycles. The van der Waals surface area contributed by atoms with Gasteiger partial charge in [-0.15, -0.1) is 0 Å². The maximum atomic E-state index is 12.0. The fourth-order valence-corrected chi connectivity index (χ4v) is 3.16. The molecule has 0 saturated heterocycles. The lowest BCUT2D eigenvalue weighted by Crippen LogP contribution is -2.42. The van der Waals surface area contributed by atoms with Crippen molar-refractivity contribution < 1.29 is 9.96 Å². The third kappa shape index (κ3) is 3.63. The van der Waals surface area contributed by atoms with Gasteiger partial charge in [-0.05, 0) is 5.01 Å². The van der Waals surface area contributed by atoms with Gasteiger partial charge in [0.15, 0.2) is 10.9 Å². The second-order valence-corrected chi connectivity index (χ2v) is 6.43. The van der Waals surface area contributed by atoms with Crippen molar-refractivity contribution >= 4 is 17.4 Å². The zero-order valence-electron chi connectivity index (χ0n) is 15.5. The average Bonchev–Trinajstić information content (AvgIpc) is 2.79. The highest BCUT2D eigenvalue weighted by Gasteiger charge is 2.38. The minimum absolute atomic E-state index is 0.0218. The first kappa shape index (κ1) is 18.9. The van der Waals surface area contributed by atoms with Crippen molar-refractivity contribution in [1.82, 2.24) is 5.01 Å². The summed E-state index contributed by atoms with van der Waals surface area (Å²) < 4.78 is 0. The van der Waals surface area contributed by atoms with Crippen LogP contribution in [0, 0.1) is 20.2 Å². The summed E-state index contributed by atoms with van der Waals surface area (Å²) in [4.78, 5) is 31.7. The summed E-state index contributed by atoms with van der Waals surface area (Å²) in [5.74, 6) is 0.287. The number of nitro groups is 2. The van der Waals surface area contributed by atoms with E-state index in [2.05, 4.69) is 9.98 Å². The molecule has 4 rings (SSSR count). The van der Waals surface area contributed by atoms with Crippen LogP contribution in [0.25, 0.3) is 0 Å². The summed E-state index contributed by atoms with van der Waals surface area (Å²) >= 11 is 0. The van der Waals surface area contributed by atoms with E-state index in [0.717, 1.165) is 5.01 Å². The van der Waals surface area contributed by atoms with Crippen molar-refractivity contribution in [2.24, 2.45) is 9.98 Å². The maximum absolute atomic E-state index is 12.0. The lowest BCUT2D eigenvalue weighted by atomic mass is 10.1. The summed E-state index contributed by atoms with van der Waals surface area (Å²) in [6.07, 6.45) is -0.983. The van der Waals surface area contributed by atoms with Crippen LogP contribution >= 0.6 is 0 Å². The largest absolute Gasteiger partial charge is 0.270 e. The smallest absolute Gasteiger partial charge is 0.258 e. The van der Waals surface area contributed by atoms with Gasteiger partial charge < -0.3 is 0 Å². The first-order chi connectivity index (χ1) is 14.5. The molecule has 0 radical (unpaired) electrons. The van der Waals surface area contributed by atoms with Crippen molar-refractivity contribution in [3.8, 4) is 0 Å². The molecule has 0 spiro atoms. The van der Waals surface area contributed by atoms with Crippen LogP contribution in [-0.4, -0.2) is 26.6 Å². The van der Waals surface area contributed by atoms with Crippen LogP contribution in [0.15, 0.2) is 94.9 Å². The Morgan fingerprint density at radius 1 is 0.800 bits per heavy atom. The fourth-order valence-electron chi connectivity index (χ4n) is 3.16. The predicted octanol–water partition coefficient (Wildman–Crippen LogP) is 3.99. The summed E-state index contributed by atoms with van der Waals surface area (Å²) in [5, 5.41) is 23.5. The first-order valence-corrected chi connectivity index (χ1v) is 9.00. The van der Waals surface area contributed by atoms with Gasteiger partial charge in [0.1, 0.15) is 0 Å². The zero-order valence-corrected chi connectivity index (χ0v) is 15.5. The van der Waals surface area contributed by atoms with Crippen LogP contribution in [0.1, 0.15) is 22.9 Å². The number of hydrogen-bond acceptors (Lipinski definition) is 6. The molecule has 1 heterocycles. The van der Waals surface area contributed by atoms with E-state index >= 15 is 0 Å². The highest BCUT2D eigenvalue weighted by Crippen LogP contribution is 2.30. The molecule has 0 N–H and O–H groups in total. The number of hydrogen-bond donors (Lipinski definition) is 0. The summed E-state index contributed by atoms with van der Waals surface area (Å²) in [7, 11) is 0. The van der Waals surface area contributed by atoms with Crippen molar-refractivity contribution in [3.63, 3.8) is 0 Å². The molecule has 9 nitrogen and oxygen atoms in total. The van der Waals surface area contributed by atoms with Gasteiger partial charge in [-0.2, -0.15) is 0 Å². The quantitative estimate of drug-likeness (QED) is 0.473. The molecule has 0 aliphatic carbocycles. The zero-order chi connectivity index (χ0) is 21.1. The topological polar surface area (TPSA) is 114 Å². The second-order valence-electron chi connectivity index (χ2n) is 6.43. The predicted molar refractivity (Wildman–Crippen MR) is 111 cm³/mol. The van der Waals surface area contributed by atoms with Gasteiger partial charge in [0.05, 0.1) is 4.92 Å². The highest BCUT2D eigenvalue weighted by atomic mass is 16.7. The van der Waals surface area contributed by atoms with Crippen LogP contribution in [0.4, 0.5) is 5.69 Å². The number of rotatable bonds is 5. The second kappa shape index (κ2) is 7.92. The summed E-state index contributed by atoms with van der Waals surface area (Å²) in [6.45, 7) is 0. The van der Waals surface area contributed by atoms with Crippen LogP contribution in [-0.2, 0) is 0 Å². The van der Waals surface area contributed by atoms with Gasteiger partial charge in [-0.3, -0.25) is 10.1 Å². The first-order valence-electron chi connectivity index (χ1n) is 9.00. The standard InChI is InChI=1S/C21H15N5O4/c27-25(28)18-13-7-12-17(14-18)21-23-19(15-8-3-1-4-9-15)22-20(24(21)26(29)30)16-10-5-2-6-11-16/h1-14,20H. The number of nitro benzene ring substituents is 1. The van der Waals surface area contributed by atoms with E-state index in [0.29, 0.717) is 17.0 Å². The summed E-state index contributed by atoms with van der Waals surface area (Å²) in [5.41, 5.74) is 1.36. The third-order valence-electron chi connectivity index (χ3n) is 4.53. The molecule has 0 aromatic heterocycles. The van der Waals surface area contributed by atoms with E-state index in [1.807, 2.05) is 18.2 Å². The van der Waals surface area contributed by atoms with Gasteiger partial charge in [-0.25, -0.2) is 20.1 Å². The lowest BCUT2D eigenvalue weighted by Gasteiger charge is -2.27. The van der Waals surface area contributed by atoms with Crippen LogP contribution < -0.4 is 0 Å². The Balaban J connectivity index is 1.92. The Hall–Kier alpha value is -4.40. The molecule has 0 fully saturated rings. The van der Waals surface area contributed by atoms with Crippen molar-refractivity contribution in [1.29, 1.82) is 0 Å². The van der Waals surface area contributed by atoms with E-state index in [9.17, 15) is 20.2 Å². The molecular weight excluding hydrogens is 386 g/mol. The number of benzene rings is 3. The Labute approximate surface area is 170 Å². The van der Waals surface area contributed by atoms with E-state index < -0.39 is 16.1 Å². The molecule has 1 unspecified atom stereocenters. The number of non-ortho nitro benzene ring substituents is 1. The maximum Gasteiger partial charge on any atom is 0.270 e. The van der Waals surface area contributed by atoms with Crippen molar-refractivity contribution in [2.75, 3.05) is 0 Å². The molecule has 0 saturated carbocycles. The number of aliphatic imine (C=N–C) groups is 2. The fraction of sp³-hybridized carbons (Fsp3) is 0.0476. The Morgan fingerprint density at radius 3 is 2.07 bits per heavy atom. The van der Waals surface area contributed by atoms with Crippen molar-refractivity contribution in [3.05, 3.63) is 122 Å². The molecule has 0 amide bonds. The third-order valence-corrected chi connectivity index (χ3v) is 4.53. The molecule has 9 heteroatoms. The summed E-state index contributed by atoms with van der Waals surface area (Å²) in [6, 6.07) is 23.5. The number of nitrogens with zero attached hydrogens (tertiary/aromatic N) is 5. The number of hydrazine groups is 1. The average molecular weight is 401 g/mol. The Bertz CT molecular complexity index is 1160. The number of amidine groups is 2. The van der Waals surface area contributed by atoms with E-state index in [-0.39, 0.29) is 17.1 Å². The molecule has 1 atom stereocenters. The molecule has 0 bridgehead atoms. The van der Waals surface area contributed by atoms with Crippen LogP contribution in [0.5, 0.6) is 0 Å². The van der Waals surface area contributed by atoms with Crippen LogP contribution in [0.3, 0.4) is 0 Å². The van der Waals surface area contributed by atoms with Gasteiger partial charge in [0.25, 0.3) is 5.69 Å². The van der Waals surface area contributed by atoms with Gasteiger partial charge in [0.2, 0.25) is 12.0 Å². The Morgan fingerprint density at radius 2 is 1.43 bits per heavy atom. The minimum Gasteiger partial charge on any atom is -0.258 e. The van der Waals surface area contributed by atoms with Crippen LogP contribution in [0.2, 0.25) is 0 Å². The van der Waals surface area contributed by atoms with Gasteiger partial charge in [-0.1, -0.05) is 72.8 Å². The van der Waals surface area contributed by atoms with E-state index in [4.69, 9.17) is 0 Å². The lowest BCUT2D eigenvalue weighted by molar-refractivity contribution is -0.639. The molecule has 30 heavy (non-hydrogen) atoms. The molecule has 1 aliphatic rings. The van der Waals surface area contributed by atoms with Gasteiger partial charge in [0, 0.05) is 28.8 Å². The monoisotopic (exact) mass is 401 g/mol. The molecule has 148 valence electrons. The van der Waals surface area contributed by atoms with Crippen molar-refractivity contribution in [2.45, 2.75) is 6.17 Å². The highest BCUT2D eigenvalue weighted by molar-refractivity contribution is 6.12. The minimum atomic E-state index is -0.983. The Kier molecular flexibility index (Phi) is 5.00. The SMILES string of the molecule is O=[N+]([O-])c1cccc(C2=NC(c3ccccc3)=NC(c3ccccc3)N2[N+](=O)[O-])c1. The van der Waals surface area contributed by atoms with Gasteiger partial charge >= 0.3 is 0 Å². The van der Waals surface area contributed by atoms with E-state index in [1.165, 1.54) is 18.2 Å². The molecule has 1 aliphatic heterocycles. The van der Waals surface area contributed by atoms with E-state index in [1.54, 1.807) is 48.5 Å². The molecule has 3 aromatic rings. The molecular formula is C21H15N5O4. The normalized spacial score (nSPS) is 15.9.